The minimum Gasteiger partial charge on any atom is -0.287 e. The predicted molar refractivity (Wildman–Crippen MR) is 68.7 cm³/mol. The maximum Gasteiger partial charge on any atom is 0.0525 e. The number of anilines is 2. The van der Waals surface area contributed by atoms with Crippen molar-refractivity contribution in [3.8, 4) is 0 Å². The lowest BCUT2D eigenvalue weighted by molar-refractivity contribution is 1.39. The zero-order valence-corrected chi connectivity index (χ0v) is 9.49. The van der Waals surface area contributed by atoms with Crippen LogP contribution in [0.25, 0.3) is 0 Å². The van der Waals surface area contributed by atoms with Crippen LogP contribution in [0.3, 0.4) is 0 Å². The second-order valence-electron chi connectivity index (χ2n) is 3.49. The lowest BCUT2D eigenvalue weighted by Crippen LogP contribution is -2.01. The summed E-state index contributed by atoms with van der Waals surface area (Å²) in [5, 5.41) is 0. The van der Waals surface area contributed by atoms with E-state index < -0.39 is 0 Å². The number of para-hydroxylation sites is 1. The third-order valence-corrected chi connectivity index (χ3v) is 2.71. The van der Waals surface area contributed by atoms with E-state index in [4.69, 9.17) is 0 Å². The minimum absolute atomic E-state index is 1.08. The fourth-order valence-electron chi connectivity index (χ4n) is 1.48. The van der Waals surface area contributed by atoms with E-state index in [9.17, 15) is 0 Å². The Morgan fingerprint density at radius 3 is 2.20 bits per heavy atom. The van der Waals surface area contributed by atoms with Gasteiger partial charge >= 0.3 is 0 Å². The average Bonchev–Trinajstić information content (AvgIpc) is 2.29. The topological polar surface area (TPSA) is 3.24 Å². The van der Waals surface area contributed by atoms with E-state index in [-0.39, 0.29) is 0 Å². The minimum atomic E-state index is 1.08. The van der Waals surface area contributed by atoms with Crippen LogP contribution in [0.15, 0.2) is 54.6 Å². The van der Waals surface area contributed by atoms with Gasteiger partial charge in [-0.2, -0.15) is 0 Å². The van der Waals surface area contributed by atoms with Crippen molar-refractivity contribution in [2.75, 3.05) is 4.31 Å². The van der Waals surface area contributed by atoms with Gasteiger partial charge in [0.05, 0.1) is 11.4 Å². The van der Waals surface area contributed by atoms with Crippen molar-refractivity contribution in [1.29, 1.82) is 0 Å². The third-order valence-electron chi connectivity index (χ3n) is 2.25. The molecule has 0 heterocycles. The van der Waals surface area contributed by atoms with Crippen LogP contribution in [0.5, 0.6) is 0 Å². The molecule has 2 aromatic carbocycles. The lowest BCUT2D eigenvalue weighted by atomic mass is 10.2. The highest BCUT2D eigenvalue weighted by molar-refractivity contribution is 7.82. The Kier molecular flexibility index (Phi) is 2.97. The van der Waals surface area contributed by atoms with E-state index in [1.54, 1.807) is 0 Å². The monoisotopic (exact) mass is 215 g/mol. The molecule has 2 aromatic rings. The second kappa shape index (κ2) is 4.41. The van der Waals surface area contributed by atoms with Crippen molar-refractivity contribution in [1.82, 2.24) is 0 Å². The van der Waals surface area contributed by atoms with Gasteiger partial charge in [-0.25, -0.2) is 0 Å². The quantitative estimate of drug-likeness (QED) is 0.742. The van der Waals surface area contributed by atoms with E-state index in [0.29, 0.717) is 0 Å². The van der Waals surface area contributed by atoms with Gasteiger partial charge < -0.3 is 0 Å². The van der Waals surface area contributed by atoms with Crippen LogP contribution in [0, 0.1) is 6.92 Å². The largest absolute Gasteiger partial charge is 0.287 e. The van der Waals surface area contributed by atoms with Crippen LogP contribution in [-0.2, 0) is 0 Å². The second-order valence-corrected chi connectivity index (χ2v) is 3.89. The first-order valence-corrected chi connectivity index (χ1v) is 5.28. The molecule has 1 nitrogen and oxygen atoms in total. The molecule has 0 saturated heterocycles. The molecule has 2 rings (SSSR count). The molecule has 0 aromatic heterocycles. The fourth-order valence-corrected chi connectivity index (χ4v) is 1.74. The van der Waals surface area contributed by atoms with Crippen LogP contribution in [-0.4, -0.2) is 0 Å². The lowest BCUT2D eigenvalue weighted by Gasteiger charge is -2.17. The normalized spacial score (nSPS) is 10.0. The van der Waals surface area contributed by atoms with Gasteiger partial charge in [-0.1, -0.05) is 43.1 Å². The Balaban J connectivity index is 2.32. The van der Waals surface area contributed by atoms with Gasteiger partial charge in [0.25, 0.3) is 0 Å². The van der Waals surface area contributed by atoms with E-state index >= 15 is 0 Å². The van der Waals surface area contributed by atoms with Gasteiger partial charge in [0.15, 0.2) is 0 Å². The molecule has 76 valence electrons. The maximum atomic E-state index is 4.49. The molecule has 0 fully saturated rings. The number of aryl methyl sites for hydroxylation is 1. The number of hydrogen-bond acceptors (Lipinski definition) is 2. The SMILES string of the molecule is Cc1cccc(N(S)c2ccccc2)c1. The molecular weight excluding hydrogens is 202 g/mol. The summed E-state index contributed by atoms with van der Waals surface area (Å²) in [6, 6.07) is 18.4. The van der Waals surface area contributed by atoms with Crippen molar-refractivity contribution in [2.45, 2.75) is 6.92 Å². The molecule has 0 aliphatic rings. The maximum absolute atomic E-state index is 4.49. The Labute approximate surface area is 95.9 Å². The molecule has 0 amide bonds. The van der Waals surface area contributed by atoms with E-state index in [2.05, 4.69) is 31.9 Å². The van der Waals surface area contributed by atoms with Crippen LogP contribution in [0.4, 0.5) is 11.4 Å². The molecule has 2 heteroatoms. The Morgan fingerprint density at radius 1 is 0.867 bits per heavy atom. The number of hydrogen-bond donors (Lipinski definition) is 1. The van der Waals surface area contributed by atoms with Gasteiger partial charge in [0.2, 0.25) is 0 Å². The first kappa shape index (κ1) is 10.1. The van der Waals surface area contributed by atoms with Crippen LogP contribution in [0.2, 0.25) is 0 Å². The summed E-state index contributed by atoms with van der Waals surface area (Å²) in [5.74, 6) is 0. The van der Waals surface area contributed by atoms with Crippen molar-refractivity contribution in [3.05, 3.63) is 60.2 Å². The van der Waals surface area contributed by atoms with Crippen molar-refractivity contribution < 1.29 is 0 Å². The summed E-state index contributed by atoms with van der Waals surface area (Å²) in [5.41, 5.74) is 3.40. The van der Waals surface area contributed by atoms with Crippen molar-refractivity contribution in [3.63, 3.8) is 0 Å². The first-order valence-electron chi connectivity index (χ1n) is 4.88. The highest BCUT2D eigenvalue weighted by atomic mass is 32.1. The number of benzene rings is 2. The van der Waals surface area contributed by atoms with Crippen molar-refractivity contribution in [2.24, 2.45) is 0 Å². The van der Waals surface area contributed by atoms with Gasteiger partial charge in [-0.15, -0.1) is 0 Å². The molecule has 0 radical (unpaired) electrons. The molecule has 0 spiro atoms. The molecule has 0 unspecified atom stereocenters. The number of nitrogens with zero attached hydrogens (tertiary/aromatic N) is 1. The molecule has 0 atom stereocenters. The molecule has 0 saturated carbocycles. The first-order chi connectivity index (χ1) is 7.27. The molecule has 0 aliphatic carbocycles. The summed E-state index contributed by atoms with van der Waals surface area (Å²) in [6.45, 7) is 2.08. The van der Waals surface area contributed by atoms with Gasteiger partial charge in [-0.3, -0.25) is 4.31 Å². The highest BCUT2D eigenvalue weighted by Gasteiger charge is 2.03. The third kappa shape index (κ3) is 2.34. The summed E-state index contributed by atoms with van der Waals surface area (Å²) in [4.78, 5) is 0. The number of thiol groups is 1. The van der Waals surface area contributed by atoms with Gasteiger partial charge in [0, 0.05) is 0 Å². The Morgan fingerprint density at radius 2 is 1.53 bits per heavy atom. The van der Waals surface area contributed by atoms with Crippen LogP contribution >= 0.6 is 12.8 Å². The van der Waals surface area contributed by atoms with Crippen molar-refractivity contribution >= 4 is 24.2 Å². The highest BCUT2D eigenvalue weighted by Crippen LogP contribution is 2.27. The number of rotatable bonds is 2. The van der Waals surface area contributed by atoms with E-state index in [0.717, 1.165) is 11.4 Å². The summed E-state index contributed by atoms with van der Waals surface area (Å²) in [7, 11) is 0. The zero-order chi connectivity index (χ0) is 10.7. The molecular formula is C13H13NS. The standard InChI is InChI=1S/C13H13NS/c1-11-6-5-9-13(10-11)14(15)12-7-3-2-4-8-12/h2-10,15H,1H3. The predicted octanol–water partition coefficient (Wildman–Crippen LogP) is 3.98. The molecule has 15 heavy (non-hydrogen) atoms. The van der Waals surface area contributed by atoms with E-state index in [1.807, 2.05) is 46.8 Å². The van der Waals surface area contributed by atoms with Gasteiger partial charge in [-0.05, 0) is 36.8 Å². The van der Waals surface area contributed by atoms with E-state index in [1.165, 1.54) is 5.56 Å². The average molecular weight is 215 g/mol. The summed E-state index contributed by atoms with van der Waals surface area (Å²) < 4.78 is 1.88. The molecule has 0 aliphatic heterocycles. The summed E-state index contributed by atoms with van der Waals surface area (Å²) >= 11 is 4.49. The molecule has 0 bridgehead atoms. The van der Waals surface area contributed by atoms with Crippen LogP contribution < -0.4 is 4.31 Å². The summed E-state index contributed by atoms with van der Waals surface area (Å²) in [6.07, 6.45) is 0. The zero-order valence-electron chi connectivity index (χ0n) is 8.59. The van der Waals surface area contributed by atoms with Crippen LogP contribution in [0.1, 0.15) is 5.56 Å². The fraction of sp³-hybridized carbons (Fsp3) is 0.0769. The Hall–Kier alpha value is -1.41. The van der Waals surface area contributed by atoms with Gasteiger partial charge in [0.1, 0.15) is 0 Å². The molecule has 0 N–H and O–H groups in total. The smallest absolute Gasteiger partial charge is 0.0525 e. The Bertz CT molecular complexity index is 439.